The Morgan fingerprint density at radius 2 is 1.85 bits per heavy atom. The Bertz CT molecular complexity index is 1250. The lowest BCUT2D eigenvalue weighted by Gasteiger charge is -2.12. The van der Waals surface area contributed by atoms with Crippen molar-refractivity contribution < 1.29 is 19.0 Å². The number of urea groups is 1. The molecular weight excluding hydrogens is 433 g/mol. The van der Waals surface area contributed by atoms with Gasteiger partial charge in [0.25, 0.3) is 0 Å². The Balaban J connectivity index is 1.30. The molecule has 0 fully saturated rings. The third-order valence-electron chi connectivity index (χ3n) is 5.16. The van der Waals surface area contributed by atoms with Crippen LogP contribution >= 0.6 is 0 Å². The van der Waals surface area contributed by atoms with Crippen LogP contribution < -0.4 is 15.4 Å². The maximum absolute atomic E-state index is 13.9. The highest BCUT2D eigenvalue weighted by Gasteiger charge is 2.09. The minimum Gasteiger partial charge on any atom is -0.508 e. The van der Waals surface area contributed by atoms with E-state index in [0.717, 1.165) is 22.3 Å². The number of nitrogens with one attached hydrogen (secondary N) is 2. The number of phenols is 1. The molecule has 0 aliphatic heterocycles. The monoisotopic (exact) mass is 457 g/mol. The maximum atomic E-state index is 13.9. The lowest BCUT2D eigenvalue weighted by atomic mass is 9.97. The molecule has 172 valence electrons. The zero-order chi connectivity index (χ0) is 23.8. The highest BCUT2D eigenvalue weighted by atomic mass is 19.1. The summed E-state index contributed by atoms with van der Waals surface area (Å²) in [7, 11) is 0. The van der Waals surface area contributed by atoms with E-state index in [9.17, 15) is 14.3 Å². The van der Waals surface area contributed by atoms with Gasteiger partial charge in [-0.2, -0.15) is 0 Å². The normalized spacial score (nSPS) is 10.5. The number of aromatic hydroxyl groups is 1. The van der Waals surface area contributed by atoms with Gasteiger partial charge in [0.2, 0.25) is 0 Å². The van der Waals surface area contributed by atoms with E-state index in [0.29, 0.717) is 31.0 Å². The zero-order valence-electron chi connectivity index (χ0n) is 18.4. The number of nitrogens with zero attached hydrogens (tertiary/aromatic N) is 1. The summed E-state index contributed by atoms with van der Waals surface area (Å²) in [5, 5.41) is 15.3. The first-order valence-corrected chi connectivity index (χ1v) is 10.8. The lowest BCUT2D eigenvalue weighted by molar-refractivity contribution is 0.251. The molecule has 34 heavy (non-hydrogen) atoms. The fraction of sp³-hybridized carbons (Fsp3) is 0.111. The van der Waals surface area contributed by atoms with Gasteiger partial charge in [0.15, 0.2) is 0 Å². The van der Waals surface area contributed by atoms with Gasteiger partial charge in [-0.05, 0) is 76.9 Å². The average molecular weight is 458 g/mol. The van der Waals surface area contributed by atoms with Gasteiger partial charge >= 0.3 is 6.03 Å². The highest BCUT2D eigenvalue weighted by Crippen LogP contribution is 2.28. The second-order valence-corrected chi connectivity index (χ2v) is 7.64. The Labute approximate surface area is 197 Å². The van der Waals surface area contributed by atoms with Crippen LogP contribution in [-0.2, 0) is 13.0 Å². The van der Waals surface area contributed by atoms with Gasteiger partial charge in [-0.15, -0.1) is 0 Å². The predicted octanol–water partition coefficient (Wildman–Crippen LogP) is 5.54. The van der Waals surface area contributed by atoms with Gasteiger partial charge in [0, 0.05) is 31.0 Å². The first-order valence-electron chi connectivity index (χ1n) is 10.8. The quantitative estimate of drug-likeness (QED) is 0.325. The molecule has 3 aromatic carbocycles. The largest absolute Gasteiger partial charge is 0.508 e. The van der Waals surface area contributed by atoms with Crippen molar-refractivity contribution in [3.63, 3.8) is 0 Å². The van der Waals surface area contributed by atoms with Crippen molar-refractivity contribution in [3.8, 4) is 22.6 Å². The SMILES string of the molecule is O=C(NCc1cccnc1)Nc1ccc(OCCc2ccc(F)cc2-c2cccc(O)c2)cc1. The van der Waals surface area contributed by atoms with Gasteiger partial charge in [0.1, 0.15) is 17.3 Å². The second kappa shape index (κ2) is 11.0. The van der Waals surface area contributed by atoms with Gasteiger partial charge in [-0.1, -0.05) is 24.3 Å². The van der Waals surface area contributed by atoms with Crippen molar-refractivity contribution in [2.75, 3.05) is 11.9 Å². The second-order valence-electron chi connectivity index (χ2n) is 7.64. The number of carbonyl (C=O) groups excluding carboxylic acids is 1. The third kappa shape index (κ3) is 6.32. The number of pyridine rings is 1. The molecule has 0 aliphatic carbocycles. The van der Waals surface area contributed by atoms with Gasteiger partial charge < -0.3 is 20.5 Å². The average Bonchev–Trinajstić information content (AvgIpc) is 2.85. The van der Waals surface area contributed by atoms with E-state index in [1.54, 1.807) is 60.9 Å². The lowest BCUT2D eigenvalue weighted by Crippen LogP contribution is -2.28. The minimum atomic E-state index is -0.337. The molecule has 0 atom stereocenters. The molecule has 0 aliphatic rings. The first-order chi connectivity index (χ1) is 16.6. The molecule has 4 rings (SSSR count). The Morgan fingerprint density at radius 3 is 2.62 bits per heavy atom. The van der Waals surface area contributed by atoms with Crippen LogP contribution in [0, 0.1) is 5.82 Å². The number of anilines is 1. The van der Waals surface area contributed by atoms with Crippen molar-refractivity contribution in [2.24, 2.45) is 0 Å². The van der Waals surface area contributed by atoms with Crippen LogP contribution in [0.25, 0.3) is 11.1 Å². The molecule has 0 radical (unpaired) electrons. The van der Waals surface area contributed by atoms with Crippen molar-refractivity contribution >= 4 is 11.7 Å². The molecule has 0 saturated carbocycles. The summed E-state index contributed by atoms with van der Waals surface area (Å²) in [5.41, 5.74) is 3.93. The Morgan fingerprint density at radius 1 is 1.00 bits per heavy atom. The fourth-order valence-corrected chi connectivity index (χ4v) is 3.48. The maximum Gasteiger partial charge on any atom is 0.319 e. The number of phenolic OH excluding ortho intramolecular Hbond substituents is 1. The van der Waals surface area contributed by atoms with E-state index < -0.39 is 0 Å². The Kier molecular flexibility index (Phi) is 7.35. The number of ether oxygens (including phenoxy) is 1. The number of aromatic nitrogens is 1. The van der Waals surface area contributed by atoms with Gasteiger partial charge in [-0.3, -0.25) is 4.98 Å². The van der Waals surface area contributed by atoms with E-state index >= 15 is 0 Å². The first kappa shape index (κ1) is 22.8. The number of hydrogen-bond donors (Lipinski definition) is 3. The van der Waals surface area contributed by atoms with Crippen LogP contribution in [-0.4, -0.2) is 22.7 Å². The van der Waals surface area contributed by atoms with E-state index in [1.807, 2.05) is 18.2 Å². The third-order valence-corrected chi connectivity index (χ3v) is 5.16. The molecule has 1 heterocycles. The van der Waals surface area contributed by atoms with Crippen LogP contribution in [0.3, 0.4) is 0 Å². The van der Waals surface area contributed by atoms with Gasteiger partial charge in [0.05, 0.1) is 6.61 Å². The van der Waals surface area contributed by atoms with Crippen molar-refractivity contribution in [1.82, 2.24) is 10.3 Å². The predicted molar refractivity (Wildman–Crippen MR) is 129 cm³/mol. The summed E-state index contributed by atoms with van der Waals surface area (Å²) in [5.74, 6) is 0.446. The van der Waals surface area contributed by atoms with E-state index in [-0.39, 0.29) is 17.6 Å². The molecule has 0 spiro atoms. The van der Waals surface area contributed by atoms with Crippen molar-refractivity contribution in [2.45, 2.75) is 13.0 Å². The van der Waals surface area contributed by atoms with E-state index in [4.69, 9.17) is 4.74 Å². The summed E-state index contributed by atoms with van der Waals surface area (Å²) in [6.45, 7) is 0.769. The number of carbonyl (C=O) groups is 1. The molecule has 0 saturated heterocycles. The molecular formula is C27H24FN3O3. The summed E-state index contributed by atoms with van der Waals surface area (Å²) in [6.07, 6.45) is 3.94. The van der Waals surface area contributed by atoms with Crippen LogP contribution in [0.4, 0.5) is 14.9 Å². The minimum absolute atomic E-state index is 0.128. The summed E-state index contributed by atoms with van der Waals surface area (Å²) < 4.78 is 19.7. The molecule has 0 unspecified atom stereocenters. The number of amides is 2. The summed E-state index contributed by atoms with van der Waals surface area (Å²) in [4.78, 5) is 16.1. The molecule has 4 aromatic rings. The molecule has 0 bridgehead atoms. The van der Waals surface area contributed by atoms with Crippen LogP contribution in [0.2, 0.25) is 0 Å². The van der Waals surface area contributed by atoms with Crippen LogP contribution in [0.15, 0.2) is 91.3 Å². The molecule has 2 amide bonds. The van der Waals surface area contributed by atoms with Crippen LogP contribution in [0.5, 0.6) is 11.5 Å². The van der Waals surface area contributed by atoms with Crippen molar-refractivity contribution in [1.29, 1.82) is 0 Å². The molecule has 3 N–H and O–H groups in total. The topological polar surface area (TPSA) is 83.5 Å². The standard InChI is InChI=1S/C27H24FN3O3/c28-22-7-6-20(26(16-22)21-4-1-5-24(32)15-21)12-14-34-25-10-8-23(9-11-25)31-27(33)30-18-19-3-2-13-29-17-19/h1-11,13,15-17,32H,12,14,18H2,(H2,30,31,33). The number of benzene rings is 3. The molecule has 7 heteroatoms. The zero-order valence-corrected chi connectivity index (χ0v) is 18.4. The smallest absolute Gasteiger partial charge is 0.319 e. The summed E-state index contributed by atoms with van der Waals surface area (Å²) >= 11 is 0. The van der Waals surface area contributed by atoms with E-state index in [2.05, 4.69) is 15.6 Å². The number of halogens is 1. The number of hydrogen-bond acceptors (Lipinski definition) is 4. The van der Waals surface area contributed by atoms with Crippen LogP contribution in [0.1, 0.15) is 11.1 Å². The fourth-order valence-electron chi connectivity index (χ4n) is 3.48. The molecule has 1 aromatic heterocycles. The van der Waals surface area contributed by atoms with Gasteiger partial charge in [-0.25, -0.2) is 9.18 Å². The summed E-state index contributed by atoms with van der Waals surface area (Å²) in [6, 6.07) is 21.8. The molecule has 6 nitrogen and oxygen atoms in total. The van der Waals surface area contributed by atoms with E-state index in [1.165, 1.54) is 12.1 Å². The van der Waals surface area contributed by atoms with Crippen molar-refractivity contribution in [3.05, 3.63) is 108 Å². The highest BCUT2D eigenvalue weighted by molar-refractivity contribution is 5.89. The Hall–Kier alpha value is -4.39. The number of rotatable bonds is 8.